The van der Waals surface area contributed by atoms with Crippen LogP contribution in [0, 0.1) is 24.1 Å². The second-order valence-electron chi connectivity index (χ2n) is 4.43. The SMILES string of the molecule is Cc1ccc(-c2cccc(NC(=O)CC#N)c2)cc1F. The highest BCUT2D eigenvalue weighted by atomic mass is 19.1. The Balaban J connectivity index is 2.27. The average Bonchev–Trinajstić information content (AvgIpc) is 2.42. The molecule has 1 N–H and O–H groups in total. The predicted molar refractivity (Wildman–Crippen MR) is 75.4 cm³/mol. The number of rotatable bonds is 3. The number of halogens is 1. The molecule has 0 radical (unpaired) electrons. The predicted octanol–water partition coefficient (Wildman–Crippen LogP) is 3.65. The highest BCUT2D eigenvalue weighted by Crippen LogP contribution is 2.24. The summed E-state index contributed by atoms with van der Waals surface area (Å²) in [4.78, 5) is 11.4. The summed E-state index contributed by atoms with van der Waals surface area (Å²) in [5.74, 6) is -0.624. The Morgan fingerprint density at radius 3 is 2.70 bits per heavy atom. The minimum Gasteiger partial charge on any atom is -0.325 e. The Labute approximate surface area is 116 Å². The third-order valence-electron chi connectivity index (χ3n) is 2.89. The highest BCUT2D eigenvalue weighted by molar-refractivity contribution is 5.92. The third kappa shape index (κ3) is 3.21. The summed E-state index contributed by atoms with van der Waals surface area (Å²) in [6.07, 6.45) is -0.191. The molecule has 0 aliphatic rings. The summed E-state index contributed by atoms with van der Waals surface area (Å²) in [6.45, 7) is 1.71. The maximum atomic E-state index is 13.6. The molecule has 0 heterocycles. The summed E-state index contributed by atoms with van der Waals surface area (Å²) >= 11 is 0. The number of aryl methyl sites for hydroxylation is 1. The molecular weight excluding hydrogens is 255 g/mol. The number of hydrogen-bond donors (Lipinski definition) is 1. The van der Waals surface area contributed by atoms with Crippen molar-refractivity contribution in [1.82, 2.24) is 0 Å². The highest BCUT2D eigenvalue weighted by Gasteiger charge is 2.05. The van der Waals surface area contributed by atoms with Crippen LogP contribution in [0.15, 0.2) is 42.5 Å². The minimum atomic E-state index is -0.361. The molecule has 0 saturated heterocycles. The zero-order valence-electron chi connectivity index (χ0n) is 11.0. The van der Waals surface area contributed by atoms with E-state index >= 15 is 0 Å². The first-order valence-electron chi connectivity index (χ1n) is 6.13. The van der Waals surface area contributed by atoms with Crippen molar-refractivity contribution in [1.29, 1.82) is 5.26 Å². The van der Waals surface area contributed by atoms with Gasteiger partial charge in [-0.05, 0) is 41.8 Å². The molecule has 0 saturated carbocycles. The Morgan fingerprint density at radius 1 is 1.25 bits per heavy atom. The molecule has 100 valence electrons. The van der Waals surface area contributed by atoms with Gasteiger partial charge in [-0.1, -0.05) is 24.3 Å². The molecular formula is C16H13FN2O. The largest absolute Gasteiger partial charge is 0.325 e. The van der Waals surface area contributed by atoms with Crippen LogP contribution in [0.4, 0.5) is 10.1 Å². The van der Waals surface area contributed by atoms with Crippen LogP contribution in [0.3, 0.4) is 0 Å². The zero-order valence-corrected chi connectivity index (χ0v) is 11.0. The van der Waals surface area contributed by atoms with Gasteiger partial charge in [-0.3, -0.25) is 4.79 Å². The summed E-state index contributed by atoms with van der Waals surface area (Å²) in [5, 5.41) is 11.1. The van der Waals surface area contributed by atoms with Gasteiger partial charge in [-0.25, -0.2) is 4.39 Å². The second-order valence-corrected chi connectivity index (χ2v) is 4.43. The Morgan fingerprint density at radius 2 is 2.00 bits per heavy atom. The normalized spacial score (nSPS) is 9.85. The number of nitriles is 1. The lowest BCUT2D eigenvalue weighted by Crippen LogP contribution is -2.09. The number of anilines is 1. The van der Waals surface area contributed by atoms with Crippen molar-refractivity contribution in [3.8, 4) is 17.2 Å². The van der Waals surface area contributed by atoms with Crippen LogP contribution >= 0.6 is 0 Å². The van der Waals surface area contributed by atoms with Crippen LogP contribution in [0.5, 0.6) is 0 Å². The van der Waals surface area contributed by atoms with E-state index in [2.05, 4.69) is 5.32 Å². The first-order chi connectivity index (χ1) is 9.60. The molecule has 1 amide bonds. The van der Waals surface area contributed by atoms with Crippen molar-refractivity contribution < 1.29 is 9.18 Å². The number of hydrogen-bond acceptors (Lipinski definition) is 2. The molecule has 3 nitrogen and oxygen atoms in total. The molecule has 0 spiro atoms. The quantitative estimate of drug-likeness (QED) is 0.923. The van der Waals surface area contributed by atoms with E-state index in [4.69, 9.17) is 5.26 Å². The van der Waals surface area contributed by atoms with Gasteiger partial charge < -0.3 is 5.32 Å². The number of benzene rings is 2. The van der Waals surface area contributed by atoms with Gasteiger partial charge in [-0.15, -0.1) is 0 Å². The van der Waals surface area contributed by atoms with Gasteiger partial charge in [0.05, 0.1) is 6.07 Å². The van der Waals surface area contributed by atoms with Crippen molar-refractivity contribution in [3.05, 3.63) is 53.8 Å². The van der Waals surface area contributed by atoms with Gasteiger partial charge in [0.1, 0.15) is 12.2 Å². The fraction of sp³-hybridized carbons (Fsp3) is 0.125. The van der Waals surface area contributed by atoms with Gasteiger partial charge in [0.2, 0.25) is 5.91 Å². The smallest absolute Gasteiger partial charge is 0.238 e. The van der Waals surface area contributed by atoms with E-state index in [0.717, 1.165) is 11.1 Å². The summed E-state index contributed by atoms with van der Waals surface area (Å²) < 4.78 is 13.6. The van der Waals surface area contributed by atoms with Crippen molar-refractivity contribution in [2.75, 3.05) is 5.32 Å². The van der Waals surface area contributed by atoms with Gasteiger partial charge >= 0.3 is 0 Å². The summed E-state index contributed by atoms with van der Waals surface area (Å²) in [7, 11) is 0. The second kappa shape index (κ2) is 5.98. The number of nitrogens with zero attached hydrogens (tertiary/aromatic N) is 1. The van der Waals surface area contributed by atoms with Crippen LogP contribution < -0.4 is 5.32 Å². The number of nitrogens with one attached hydrogen (secondary N) is 1. The molecule has 2 rings (SSSR count). The fourth-order valence-corrected chi connectivity index (χ4v) is 1.83. The lowest BCUT2D eigenvalue weighted by molar-refractivity contribution is -0.115. The lowest BCUT2D eigenvalue weighted by atomic mass is 10.0. The lowest BCUT2D eigenvalue weighted by Gasteiger charge is -2.07. The van der Waals surface area contributed by atoms with Crippen molar-refractivity contribution in [3.63, 3.8) is 0 Å². The van der Waals surface area contributed by atoms with E-state index in [1.54, 1.807) is 37.3 Å². The monoisotopic (exact) mass is 268 g/mol. The van der Waals surface area contributed by atoms with E-state index in [1.165, 1.54) is 6.07 Å². The molecule has 2 aromatic carbocycles. The Hall–Kier alpha value is -2.67. The van der Waals surface area contributed by atoms with Gasteiger partial charge in [0.15, 0.2) is 0 Å². The van der Waals surface area contributed by atoms with E-state index in [0.29, 0.717) is 11.3 Å². The molecule has 0 fully saturated rings. The number of carbonyl (C=O) groups excluding carboxylic acids is 1. The fourth-order valence-electron chi connectivity index (χ4n) is 1.83. The average molecular weight is 268 g/mol. The van der Waals surface area contributed by atoms with Crippen LogP contribution in [0.1, 0.15) is 12.0 Å². The Kier molecular flexibility index (Phi) is 4.11. The third-order valence-corrected chi connectivity index (χ3v) is 2.89. The molecule has 0 aliphatic carbocycles. The van der Waals surface area contributed by atoms with E-state index in [9.17, 15) is 9.18 Å². The summed E-state index contributed by atoms with van der Waals surface area (Å²) in [6, 6.07) is 13.9. The summed E-state index contributed by atoms with van der Waals surface area (Å²) in [5.41, 5.74) is 2.72. The van der Waals surface area contributed by atoms with Crippen molar-refractivity contribution >= 4 is 11.6 Å². The molecule has 0 aromatic heterocycles. The van der Waals surface area contributed by atoms with Gasteiger partial charge in [0.25, 0.3) is 0 Å². The molecule has 0 aliphatic heterocycles. The minimum absolute atomic E-state index is 0.191. The van der Waals surface area contributed by atoms with E-state index in [-0.39, 0.29) is 18.1 Å². The molecule has 0 atom stereocenters. The first kappa shape index (κ1) is 13.8. The number of amides is 1. The number of carbonyl (C=O) groups is 1. The maximum Gasteiger partial charge on any atom is 0.238 e. The van der Waals surface area contributed by atoms with E-state index in [1.807, 2.05) is 12.1 Å². The standard InChI is InChI=1S/C16H13FN2O/c1-11-5-6-13(10-15(11)17)12-3-2-4-14(9-12)19-16(20)7-8-18/h2-6,9-10H,7H2,1H3,(H,19,20). The van der Waals surface area contributed by atoms with E-state index < -0.39 is 0 Å². The zero-order chi connectivity index (χ0) is 14.5. The topological polar surface area (TPSA) is 52.9 Å². The van der Waals surface area contributed by atoms with Crippen LogP contribution in [-0.2, 0) is 4.79 Å². The first-order valence-corrected chi connectivity index (χ1v) is 6.13. The van der Waals surface area contributed by atoms with Gasteiger partial charge in [0, 0.05) is 5.69 Å². The molecule has 4 heteroatoms. The van der Waals surface area contributed by atoms with Crippen LogP contribution in [-0.4, -0.2) is 5.91 Å². The van der Waals surface area contributed by atoms with Crippen LogP contribution in [0.25, 0.3) is 11.1 Å². The van der Waals surface area contributed by atoms with Crippen molar-refractivity contribution in [2.45, 2.75) is 13.3 Å². The van der Waals surface area contributed by atoms with Gasteiger partial charge in [-0.2, -0.15) is 5.26 Å². The Bertz CT molecular complexity index is 689. The molecule has 2 aromatic rings. The maximum absolute atomic E-state index is 13.6. The molecule has 0 bridgehead atoms. The van der Waals surface area contributed by atoms with Crippen molar-refractivity contribution in [2.24, 2.45) is 0 Å². The van der Waals surface area contributed by atoms with Crippen LogP contribution in [0.2, 0.25) is 0 Å². The molecule has 20 heavy (non-hydrogen) atoms. The molecule has 0 unspecified atom stereocenters.